The van der Waals surface area contributed by atoms with Crippen LogP contribution < -0.4 is 10.1 Å². The van der Waals surface area contributed by atoms with E-state index >= 15 is 0 Å². The molecule has 0 saturated heterocycles. The van der Waals surface area contributed by atoms with Gasteiger partial charge in [-0.1, -0.05) is 35.9 Å². The van der Waals surface area contributed by atoms with Gasteiger partial charge in [-0.15, -0.1) is 0 Å². The normalized spacial score (nSPS) is 12.1. The summed E-state index contributed by atoms with van der Waals surface area (Å²) in [5.74, 6) is 0.595. The predicted octanol–water partition coefficient (Wildman–Crippen LogP) is 4.61. The third kappa shape index (κ3) is 6.57. The Hall–Kier alpha value is -2.83. The fraction of sp³-hybridized carbons (Fsp3) is 0.333. The maximum Gasteiger partial charge on any atom is 0.272 e. The van der Waals surface area contributed by atoms with Crippen LogP contribution in [0.2, 0.25) is 5.02 Å². The predicted molar refractivity (Wildman–Crippen MR) is 124 cm³/mol. The van der Waals surface area contributed by atoms with E-state index in [2.05, 4.69) is 15.3 Å². The van der Waals surface area contributed by atoms with E-state index in [9.17, 15) is 4.79 Å². The van der Waals surface area contributed by atoms with Crippen LogP contribution in [-0.2, 0) is 6.73 Å². The van der Waals surface area contributed by atoms with Gasteiger partial charge in [0.2, 0.25) is 0 Å². The molecule has 0 radical (unpaired) electrons. The van der Waals surface area contributed by atoms with Crippen LogP contribution in [0.5, 0.6) is 5.75 Å². The summed E-state index contributed by atoms with van der Waals surface area (Å²) in [5.41, 5.74) is 3.56. The number of carbonyl (C=O) groups is 1. The maximum atomic E-state index is 12.9. The van der Waals surface area contributed by atoms with Gasteiger partial charge in [-0.3, -0.25) is 4.79 Å². The van der Waals surface area contributed by atoms with Gasteiger partial charge in [-0.2, -0.15) is 5.10 Å². The Morgan fingerprint density at radius 2 is 1.90 bits per heavy atom. The number of benzene rings is 2. The fourth-order valence-corrected chi connectivity index (χ4v) is 3.32. The average Bonchev–Trinajstić information content (AvgIpc) is 3.21. The minimum atomic E-state index is -0.218. The van der Waals surface area contributed by atoms with Crippen molar-refractivity contribution in [3.63, 3.8) is 0 Å². The molecule has 0 spiro atoms. The summed E-state index contributed by atoms with van der Waals surface area (Å²) in [6.45, 7) is 5.10. The number of hydrogen-bond acceptors (Lipinski definition) is 4. The average molecular weight is 441 g/mol. The number of nitrogens with zero attached hydrogens (tertiary/aromatic N) is 3. The molecule has 1 atom stereocenters. The van der Waals surface area contributed by atoms with Crippen molar-refractivity contribution >= 4 is 17.5 Å². The highest BCUT2D eigenvalue weighted by atomic mass is 35.5. The van der Waals surface area contributed by atoms with E-state index in [1.54, 1.807) is 16.9 Å². The number of hydrogen-bond donors (Lipinski definition) is 1. The quantitative estimate of drug-likeness (QED) is 0.527. The zero-order valence-corrected chi connectivity index (χ0v) is 19.2. The summed E-state index contributed by atoms with van der Waals surface area (Å²) < 4.78 is 7.49. The van der Waals surface area contributed by atoms with Gasteiger partial charge in [-0.25, -0.2) is 4.68 Å². The summed E-state index contributed by atoms with van der Waals surface area (Å²) >= 11 is 6.02. The lowest BCUT2D eigenvalue weighted by Crippen LogP contribution is -2.31. The van der Waals surface area contributed by atoms with Gasteiger partial charge in [0.25, 0.3) is 5.91 Å². The molecular weight excluding hydrogens is 412 g/mol. The molecule has 0 bridgehead atoms. The van der Waals surface area contributed by atoms with Crippen molar-refractivity contribution in [2.24, 2.45) is 0 Å². The van der Waals surface area contributed by atoms with Crippen LogP contribution in [0.25, 0.3) is 0 Å². The van der Waals surface area contributed by atoms with Crippen molar-refractivity contribution in [3.8, 4) is 5.75 Å². The van der Waals surface area contributed by atoms with Crippen molar-refractivity contribution in [3.05, 3.63) is 82.1 Å². The van der Waals surface area contributed by atoms with Crippen LogP contribution in [0.1, 0.15) is 39.6 Å². The van der Waals surface area contributed by atoms with Gasteiger partial charge >= 0.3 is 0 Å². The van der Waals surface area contributed by atoms with Crippen LogP contribution >= 0.6 is 11.6 Å². The second-order valence-electron chi connectivity index (χ2n) is 7.95. The number of carbonyl (C=O) groups excluding carboxylic acids is 1. The monoisotopic (exact) mass is 440 g/mol. The molecule has 164 valence electrons. The highest BCUT2D eigenvalue weighted by molar-refractivity contribution is 6.30. The Balaban J connectivity index is 1.66. The van der Waals surface area contributed by atoms with E-state index in [0.29, 0.717) is 10.7 Å². The molecule has 0 aliphatic rings. The molecule has 6 nitrogen and oxygen atoms in total. The molecule has 1 heterocycles. The molecule has 7 heteroatoms. The summed E-state index contributed by atoms with van der Waals surface area (Å²) in [4.78, 5) is 15.0. The Labute approximate surface area is 188 Å². The first-order valence-electron chi connectivity index (χ1n) is 10.3. The Kier molecular flexibility index (Phi) is 7.71. The SMILES string of the molecule is Cc1ccc(C)c(OCn2ccc(C(=O)NC(CCN(C)C)c3ccc(Cl)cc3)n2)c1. The molecule has 0 aliphatic carbocycles. The van der Waals surface area contributed by atoms with E-state index in [1.165, 1.54) is 0 Å². The molecule has 1 amide bonds. The smallest absolute Gasteiger partial charge is 0.272 e. The number of ether oxygens (including phenoxy) is 1. The molecule has 1 N–H and O–H groups in total. The highest BCUT2D eigenvalue weighted by Crippen LogP contribution is 2.21. The molecular formula is C24H29ClN4O2. The zero-order valence-electron chi connectivity index (χ0n) is 18.4. The Morgan fingerprint density at radius 1 is 1.16 bits per heavy atom. The van der Waals surface area contributed by atoms with Crippen molar-refractivity contribution in [1.29, 1.82) is 0 Å². The van der Waals surface area contributed by atoms with Gasteiger partial charge in [0.1, 0.15) is 11.4 Å². The van der Waals surface area contributed by atoms with E-state index in [0.717, 1.165) is 35.4 Å². The standard InChI is InChI=1S/C24H29ClN4O2/c1-17-5-6-18(2)23(15-17)31-16-29-14-12-22(27-29)24(30)26-21(11-13-28(3)4)19-7-9-20(25)10-8-19/h5-10,12,14-15,21H,11,13,16H2,1-4H3,(H,26,30). The lowest BCUT2D eigenvalue weighted by Gasteiger charge is -2.21. The van der Waals surface area contributed by atoms with E-state index in [4.69, 9.17) is 16.3 Å². The summed E-state index contributed by atoms with van der Waals surface area (Å²) in [6.07, 6.45) is 2.52. The first-order valence-corrected chi connectivity index (χ1v) is 10.6. The number of aryl methyl sites for hydroxylation is 2. The molecule has 0 aliphatic heterocycles. The van der Waals surface area contributed by atoms with Crippen LogP contribution in [0.15, 0.2) is 54.7 Å². The number of nitrogens with one attached hydrogen (secondary N) is 1. The third-order valence-electron chi connectivity index (χ3n) is 5.01. The fourth-order valence-electron chi connectivity index (χ4n) is 3.19. The Morgan fingerprint density at radius 3 is 2.61 bits per heavy atom. The number of amides is 1. The number of halogens is 1. The number of rotatable bonds is 9. The lowest BCUT2D eigenvalue weighted by atomic mass is 10.0. The minimum absolute atomic E-state index is 0.136. The minimum Gasteiger partial charge on any atom is -0.471 e. The molecule has 31 heavy (non-hydrogen) atoms. The lowest BCUT2D eigenvalue weighted by molar-refractivity contribution is 0.0925. The van der Waals surface area contributed by atoms with Crippen LogP contribution in [0.3, 0.4) is 0 Å². The van der Waals surface area contributed by atoms with Crippen LogP contribution in [0, 0.1) is 13.8 Å². The third-order valence-corrected chi connectivity index (χ3v) is 5.26. The van der Waals surface area contributed by atoms with Crippen molar-refractivity contribution in [2.75, 3.05) is 20.6 Å². The molecule has 1 unspecified atom stereocenters. The molecule has 1 aromatic heterocycles. The first kappa shape index (κ1) is 22.8. The Bertz CT molecular complexity index is 1010. The molecule has 3 aromatic rings. The van der Waals surface area contributed by atoms with E-state index in [1.807, 2.05) is 70.4 Å². The van der Waals surface area contributed by atoms with Gasteiger partial charge in [0.05, 0.1) is 6.04 Å². The zero-order chi connectivity index (χ0) is 22.4. The topological polar surface area (TPSA) is 59.4 Å². The van der Waals surface area contributed by atoms with Crippen LogP contribution in [-0.4, -0.2) is 41.2 Å². The van der Waals surface area contributed by atoms with E-state index < -0.39 is 0 Å². The largest absolute Gasteiger partial charge is 0.471 e. The molecule has 0 saturated carbocycles. The number of aromatic nitrogens is 2. The summed E-state index contributed by atoms with van der Waals surface area (Å²) in [5, 5.41) is 8.15. The van der Waals surface area contributed by atoms with Crippen molar-refractivity contribution in [1.82, 2.24) is 20.0 Å². The second kappa shape index (κ2) is 10.5. The van der Waals surface area contributed by atoms with Crippen molar-refractivity contribution < 1.29 is 9.53 Å². The van der Waals surface area contributed by atoms with Gasteiger partial charge in [0, 0.05) is 11.2 Å². The highest BCUT2D eigenvalue weighted by Gasteiger charge is 2.18. The summed E-state index contributed by atoms with van der Waals surface area (Å²) in [6, 6.07) is 15.2. The maximum absolute atomic E-state index is 12.9. The second-order valence-corrected chi connectivity index (χ2v) is 8.39. The van der Waals surface area contributed by atoms with Crippen molar-refractivity contribution in [2.45, 2.75) is 33.0 Å². The van der Waals surface area contributed by atoms with Gasteiger partial charge < -0.3 is 15.0 Å². The van der Waals surface area contributed by atoms with Gasteiger partial charge in [0.15, 0.2) is 6.73 Å². The van der Waals surface area contributed by atoms with Gasteiger partial charge in [-0.05, 0) is 81.9 Å². The molecule has 2 aromatic carbocycles. The first-order chi connectivity index (χ1) is 14.8. The van der Waals surface area contributed by atoms with E-state index in [-0.39, 0.29) is 18.7 Å². The molecule has 3 rings (SSSR count). The summed E-state index contributed by atoms with van der Waals surface area (Å²) in [7, 11) is 4.02. The molecule has 0 fully saturated rings. The van der Waals surface area contributed by atoms with Crippen LogP contribution in [0.4, 0.5) is 0 Å².